The number of fused-ring (bicyclic) bond motifs is 1. The molecule has 0 saturated carbocycles. The molecule has 0 saturated heterocycles. The summed E-state index contributed by atoms with van der Waals surface area (Å²) in [5.41, 5.74) is -1.19. The molecule has 9 heteroatoms. The van der Waals surface area contributed by atoms with Gasteiger partial charge >= 0.3 is 6.18 Å². The third-order valence-corrected chi connectivity index (χ3v) is 3.42. The van der Waals surface area contributed by atoms with Crippen molar-refractivity contribution in [3.63, 3.8) is 0 Å². The van der Waals surface area contributed by atoms with Gasteiger partial charge in [0.15, 0.2) is 0 Å². The van der Waals surface area contributed by atoms with E-state index in [1.165, 1.54) is 19.1 Å². The van der Waals surface area contributed by atoms with Crippen molar-refractivity contribution in [3.8, 4) is 17.7 Å². The van der Waals surface area contributed by atoms with E-state index in [9.17, 15) is 23.2 Å². The Balaban J connectivity index is 2.15. The number of ether oxygens (including phenoxy) is 1. The number of nitriles is 1. The predicted molar refractivity (Wildman–Crippen MR) is 81.1 cm³/mol. The first-order valence-corrected chi connectivity index (χ1v) is 6.94. The van der Waals surface area contributed by atoms with Gasteiger partial charge < -0.3 is 9.72 Å². The molecule has 2 heterocycles. The van der Waals surface area contributed by atoms with Crippen LogP contribution in [0.4, 0.5) is 13.2 Å². The molecular weight excluding hydrogens is 337 g/mol. The minimum absolute atomic E-state index is 0.0701. The first-order chi connectivity index (χ1) is 11.8. The number of pyridine rings is 1. The van der Waals surface area contributed by atoms with Crippen molar-refractivity contribution in [1.82, 2.24) is 15.0 Å². The number of rotatable bonds is 2. The van der Waals surface area contributed by atoms with Crippen molar-refractivity contribution in [2.45, 2.75) is 13.1 Å². The van der Waals surface area contributed by atoms with E-state index in [-0.39, 0.29) is 33.8 Å². The Hall–Kier alpha value is -3.41. The van der Waals surface area contributed by atoms with Crippen LogP contribution in [0.25, 0.3) is 10.9 Å². The molecule has 0 spiro atoms. The number of halogens is 3. The van der Waals surface area contributed by atoms with Crippen molar-refractivity contribution in [3.05, 3.63) is 57.8 Å². The Morgan fingerprint density at radius 1 is 1.32 bits per heavy atom. The highest BCUT2D eigenvalue weighted by Gasteiger charge is 2.30. The van der Waals surface area contributed by atoms with Gasteiger partial charge in [-0.15, -0.1) is 0 Å². The largest absolute Gasteiger partial charge is 0.438 e. The number of aromatic nitrogens is 3. The highest BCUT2D eigenvalue weighted by atomic mass is 19.4. The van der Waals surface area contributed by atoms with Crippen LogP contribution in [0.3, 0.4) is 0 Å². The molecule has 126 valence electrons. The molecule has 0 fully saturated rings. The summed E-state index contributed by atoms with van der Waals surface area (Å²) in [5.74, 6) is -0.354. The molecule has 3 rings (SSSR count). The number of hydrogen-bond donors (Lipinski definition) is 1. The van der Waals surface area contributed by atoms with Crippen LogP contribution in [0.5, 0.6) is 11.6 Å². The molecule has 0 bridgehead atoms. The minimum atomic E-state index is -4.53. The fraction of sp³-hybridized carbons (Fsp3) is 0.125. The minimum Gasteiger partial charge on any atom is -0.438 e. The van der Waals surface area contributed by atoms with Gasteiger partial charge in [0.1, 0.15) is 22.9 Å². The van der Waals surface area contributed by atoms with E-state index in [0.717, 1.165) is 18.5 Å². The van der Waals surface area contributed by atoms with E-state index in [2.05, 4.69) is 15.0 Å². The molecule has 0 aliphatic carbocycles. The maximum atomic E-state index is 12.8. The zero-order chi connectivity index (χ0) is 18.2. The second-order valence-corrected chi connectivity index (χ2v) is 5.07. The molecule has 2 aromatic heterocycles. The van der Waals surface area contributed by atoms with Gasteiger partial charge in [-0.05, 0) is 25.1 Å². The molecule has 0 unspecified atom stereocenters. The molecule has 1 N–H and O–H groups in total. The molecular formula is C16H9F3N4O2. The molecule has 3 aromatic rings. The van der Waals surface area contributed by atoms with E-state index in [1.807, 2.05) is 6.07 Å². The highest BCUT2D eigenvalue weighted by Crippen LogP contribution is 2.33. The predicted octanol–water partition coefficient (Wildman–Crippen LogP) is 3.31. The fourth-order valence-electron chi connectivity index (χ4n) is 2.31. The smallest absolute Gasteiger partial charge is 0.416 e. The van der Waals surface area contributed by atoms with E-state index in [0.29, 0.717) is 0 Å². The van der Waals surface area contributed by atoms with Crippen molar-refractivity contribution in [2.75, 3.05) is 0 Å². The monoisotopic (exact) mass is 346 g/mol. The van der Waals surface area contributed by atoms with E-state index in [4.69, 9.17) is 4.74 Å². The van der Waals surface area contributed by atoms with Gasteiger partial charge in [-0.3, -0.25) is 4.79 Å². The first-order valence-electron chi connectivity index (χ1n) is 6.94. The SMILES string of the molecule is Cc1nc(Oc2cccc(C(F)(F)F)c2)c(C#N)c2nc[nH]c(=O)c12. The van der Waals surface area contributed by atoms with Crippen molar-refractivity contribution in [2.24, 2.45) is 0 Å². The van der Waals surface area contributed by atoms with Crippen LogP contribution in [0, 0.1) is 18.3 Å². The number of aryl methyl sites for hydroxylation is 1. The summed E-state index contributed by atoms with van der Waals surface area (Å²) in [7, 11) is 0. The topological polar surface area (TPSA) is 91.7 Å². The lowest BCUT2D eigenvalue weighted by Gasteiger charge is -2.11. The highest BCUT2D eigenvalue weighted by molar-refractivity contribution is 5.86. The van der Waals surface area contributed by atoms with Crippen LogP contribution < -0.4 is 10.3 Å². The average molecular weight is 346 g/mol. The summed E-state index contributed by atoms with van der Waals surface area (Å²) in [5, 5.41) is 9.48. The Kier molecular flexibility index (Phi) is 3.88. The average Bonchev–Trinajstić information content (AvgIpc) is 2.54. The second-order valence-electron chi connectivity index (χ2n) is 5.07. The van der Waals surface area contributed by atoms with Crippen LogP contribution in [-0.2, 0) is 6.18 Å². The number of H-pyrrole nitrogens is 1. The van der Waals surface area contributed by atoms with Gasteiger partial charge in [0.25, 0.3) is 5.56 Å². The number of aromatic amines is 1. The van der Waals surface area contributed by atoms with Crippen molar-refractivity contribution >= 4 is 10.9 Å². The van der Waals surface area contributed by atoms with Crippen LogP contribution in [-0.4, -0.2) is 15.0 Å². The van der Waals surface area contributed by atoms with E-state index >= 15 is 0 Å². The van der Waals surface area contributed by atoms with Crippen molar-refractivity contribution in [1.29, 1.82) is 5.26 Å². The normalized spacial score (nSPS) is 11.3. The quantitative estimate of drug-likeness (QED) is 0.769. The van der Waals surface area contributed by atoms with E-state index in [1.54, 1.807) is 0 Å². The van der Waals surface area contributed by atoms with Gasteiger partial charge in [-0.25, -0.2) is 9.97 Å². The van der Waals surface area contributed by atoms with Crippen LogP contribution in [0.1, 0.15) is 16.8 Å². The lowest BCUT2D eigenvalue weighted by molar-refractivity contribution is -0.137. The number of nitrogens with zero attached hydrogens (tertiary/aromatic N) is 3. The second kappa shape index (κ2) is 5.90. The summed E-state index contributed by atoms with van der Waals surface area (Å²) < 4.78 is 43.8. The molecule has 6 nitrogen and oxygen atoms in total. The number of benzene rings is 1. The first kappa shape index (κ1) is 16.4. The maximum absolute atomic E-state index is 12.8. The van der Waals surface area contributed by atoms with Gasteiger partial charge in [0, 0.05) is 0 Å². The number of hydrogen-bond acceptors (Lipinski definition) is 5. The number of nitrogens with one attached hydrogen (secondary N) is 1. The molecule has 0 amide bonds. The van der Waals surface area contributed by atoms with Crippen LogP contribution in [0.2, 0.25) is 0 Å². The van der Waals surface area contributed by atoms with Gasteiger partial charge in [-0.1, -0.05) is 6.07 Å². The summed E-state index contributed by atoms with van der Waals surface area (Å²) in [4.78, 5) is 22.2. The Morgan fingerprint density at radius 2 is 2.08 bits per heavy atom. The molecule has 0 atom stereocenters. The zero-order valence-electron chi connectivity index (χ0n) is 12.7. The lowest BCUT2D eigenvalue weighted by atomic mass is 10.1. The fourth-order valence-corrected chi connectivity index (χ4v) is 2.31. The molecule has 0 aliphatic rings. The maximum Gasteiger partial charge on any atom is 0.416 e. The Bertz CT molecular complexity index is 1070. The third-order valence-electron chi connectivity index (χ3n) is 3.42. The van der Waals surface area contributed by atoms with Gasteiger partial charge in [0.2, 0.25) is 5.88 Å². The van der Waals surface area contributed by atoms with Gasteiger partial charge in [0.05, 0.1) is 23.0 Å². The standard InChI is InChI=1S/C16H9F3N4O2/c1-8-12-13(21-7-22-14(12)24)11(6-20)15(23-8)25-10-4-2-3-9(5-10)16(17,18)19/h2-5,7H,1H3,(H,21,22,24). The molecule has 0 aliphatic heterocycles. The summed E-state index contributed by atoms with van der Waals surface area (Å²) in [6.07, 6.45) is -3.40. The third kappa shape index (κ3) is 3.01. The summed E-state index contributed by atoms with van der Waals surface area (Å²) in [6, 6.07) is 6.02. The van der Waals surface area contributed by atoms with Crippen LogP contribution >= 0.6 is 0 Å². The summed E-state index contributed by atoms with van der Waals surface area (Å²) >= 11 is 0. The Labute approximate surface area is 138 Å². The van der Waals surface area contributed by atoms with Crippen molar-refractivity contribution < 1.29 is 17.9 Å². The Morgan fingerprint density at radius 3 is 2.76 bits per heavy atom. The lowest BCUT2D eigenvalue weighted by Crippen LogP contribution is -2.11. The summed E-state index contributed by atoms with van der Waals surface area (Å²) in [6.45, 7) is 1.51. The van der Waals surface area contributed by atoms with Gasteiger partial charge in [-0.2, -0.15) is 18.4 Å². The molecule has 25 heavy (non-hydrogen) atoms. The van der Waals surface area contributed by atoms with E-state index < -0.39 is 17.3 Å². The number of alkyl halides is 3. The molecule has 0 radical (unpaired) electrons. The molecule has 1 aromatic carbocycles. The van der Waals surface area contributed by atoms with Crippen LogP contribution in [0.15, 0.2) is 35.4 Å². The zero-order valence-corrected chi connectivity index (χ0v) is 12.7.